The fourth-order valence-electron chi connectivity index (χ4n) is 1.00. The Balaban J connectivity index is 4.02. The van der Waals surface area contributed by atoms with Crippen LogP contribution >= 0.6 is 0 Å². The van der Waals surface area contributed by atoms with Crippen molar-refractivity contribution in [3.8, 4) is 0 Å². The molecule has 0 aromatic rings. The number of nitrogens with two attached hydrogens (primary N) is 1. The molecule has 4 heteroatoms. The lowest BCUT2D eigenvalue weighted by Gasteiger charge is -2.26. The Morgan fingerprint density at radius 3 is 2.23 bits per heavy atom. The Kier molecular flexibility index (Phi) is 5.66. The zero-order valence-corrected chi connectivity index (χ0v) is 9.08. The van der Waals surface area contributed by atoms with Crippen LogP contribution in [0.4, 0.5) is 0 Å². The molecule has 0 fully saturated rings. The van der Waals surface area contributed by atoms with Crippen LogP contribution in [0, 0.1) is 0 Å². The van der Waals surface area contributed by atoms with Crippen molar-refractivity contribution in [2.24, 2.45) is 5.73 Å². The van der Waals surface area contributed by atoms with Gasteiger partial charge in [0, 0.05) is 33.2 Å². The first-order valence-corrected chi connectivity index (χ1v) is 4.63. The SMILES string of the molecule is CC(C)N(CCN)CC(=O)N(C)C. The molecule has 13 heavy (non-hydrogen) atoms. The summed E-state index contributed by atoms with van der Waals surface area (Å²) in [5.74, 6) is 0.127. The maximum absolute atomic E-state index is 11.4. The molecule has 0 aliphatic heterocycles. The first-order valence-electron chi connectivity index (χ1n) is 4.63. The van der Waals surface area contributed by atoms with Gasteiger partial charge in [-0.05, 0) is 13.8 Å². The summed E-state index contributed by atoms with van der Waals surface area (Å²) >= 11 is 0. The average Bonchev–Trinajstić information content (AvgIpc) is 2.03. The first kappa shape index (κ1) is 12.4. The standard InChI is InChI=1S/C9H21N3O/c1-8(2)12(6-5-10)7-9(13)11(3)4/h8H,5-7,10H2,1-4H3. The predicted molar refractivity (Wildman–Crippen MR) is 54.5 cm³/mol. The van der Waals surface area contributed by atoms with Crippen molar-refractivity contribution < 1.29 is 4.79 Å². The van der Waals surface area contributed by atoms with E-state index in [4.69, 9.17) is 5.73 Å². The van der Waals surface area contributed by atoms with Gasteiger partial charge >= 0.3 is 0 Å². The zero-order valence-electron chi connectivity index (χ0n) is 9.08. The van der Waals surface area contributed by atoms with Crippen LogP contribution < -0.4 is 5.73 Å². The largest absolute Gasteiger partial charge is 0.348 e. The summed E-state index contributed by atoms with van der Waals surface area (Å²) in [6.45, 7) is 5.97. The number of hydrogen-bond acceptors (Lipinski definition) is 3. The van der Waals surface area contributed by atoms with Crippen molar-refractivity contribution in [3.63, 3.8) is 0 Å². The van der Waals surface area contributed by atoms with E-state index in [9.17, 15) is 4.79 Å². The van der Waals surface area contributed by atoms with Gasteiger partial charge in [-0.15, -0.1) is 0 Å². The van der Waals surface area contributed by atoms with E-state index >= 15 is 0 Å². The number of likely N-dealkylation sites (N-methyl/N-ethyl adjacent to an activating group) is 1. The number of carbonyl (C=O) groups excluding carboxylic acids is 1. The molecule has 1 amide bonds. The Hall–Kier alpha value is -0.610. The number of amides is 1. The van der Waals surface area contributed by atoms with E-state index in [1.165, 1.54) is 0 Å². The lowest BCUT2D eigenvalue weighted by atomic mass is 10.3. The van der Waals surface area contributed by atoms with Gasteiger partial charge in [-0.2, -0.15) is 0 Å². The molecule has 0 aromatic heterocycles. The molecular weight excluding hydrogens is 166 g/mol. The normalized spacial score (nSPS) is 11.0. The summed E-state index contributed by atoms with van der Waals surface area (Å²) in [6, 6.07) is 0.368. The molecule has 78 valence electrons. The van der Waals surface area contributed by atoms with Gasteiger partial charge in [-0.3, -0.25) is 9.69 Å². The molecule has 0 unspecified atom stereocenters. The molecule has 0 aliphatic rings. The third-order valence-corrected chi connectivity index (χ3v) is 1.98. The summed E-state index contributed by atoms with van der Waals surface area (Å²) in [7, 11) is 3.53. The number of hydrogen-bond donors (Lipinski definition) is 1. The molecular formula is C9H21N3O. The van der Waals surface area contributed by atoms with Crippen LogP contribution in [-0.2, 0) is 4.79 Å². The summed E-state index contributed by atoms with van der Waals surface area (Å²) < 4.78 is 0. The van der Waals surface area contributed by atoms with Crippen LogP contribution in [0.1, 0.15) is 13.8 Å². The molecule has 2 N–H and O–H groups in total. The van der Waals surface area contributed by atoms with Crippen LogP contribution in [0.3, 0.4) is 0 Å². The van der Waals surface area contributed by atoms with Gasteiger partial charge in [0.2, 0.25) is 5.91 Å². The minimum absolute atomic E-state index is 0.127. The van der Waals surface area contributed by atoms with Crippen molar-refractivity contribution in [2.75, 3.05) is 33.7 Å². The highest BCUT2D eigenvalue weighted by Crippen LogP contribution is 1.97. The van der Waals surface area contributed by atoms with Crippen LogP contribution in [0.5, 0.6) is 0 Å². The maximum atomic E-state index is 11.4. The van der Waals surface area contributed by atoms with E-state index in [1.807, 2.05) is 0 Å². The summed E-state index contributed by atoms with van der Waals surface area (Å²) in [5, 5.41) is 0. The molecule has 0 spiro atoms. The highest BCUT2D eigenvalue weighted by atomic mass is 16.2. The molecule has 4 nitrogen and oxygen atoms in total. The van der Waals surface area contributed by atoms with E-state index in [0.29, 0.717) is 19.1 Å². The van der Waals surface area contributed by atoms with E-state index < -0.39 is 0 Å². The maximum Gasteiger partial charge on any atom is 0.236 e. The molecule has 0 aromatic carbocycles. The van der Waals surface area contributed by atoms with Crippen molar-refractivity contribution in [1.82, 2.24) is 9.80 Å². The van der Waals surface area contributed by atoms with E-state index in [2.05, 4.69) is 18.7 Å². The highest BCUT2D eigenvalue weighted by Gasteiger charge is 2.13. The molecule has 0 saturated heterocycles. The number of nitrogens with zero attached hydrogens (tertiary/aromatic N) is 2. The Labute approximate surface area is 80.7 Å². The molecule has 0 atom stereocenters. The smallest absolute Gasteiger partial charge is 0.236 e. The quantitative estimate of drug-likeness (QED) is 0.645. The second kappa shape index (κ2) is 5.94. The monoisotopic (exact) mass is 187 g/mol. The lowest BCUT2D eigenvalue weighted by molar-refractivity contribution is -0.130. The van der Waals surface area contributed by atoms with Gasteiger partial charge in [0.05, 0.1) is 6.54 Å². The van der Waals surface area contributed by atoms with Gasteiger partial charge in [-0.25, -0.2) is 0 Å². The van der Waals surface area contributed by atoms with Gasteiger partial charge < -0.3 is 10.6 Å². The lowest BCUT2D eigenvalue weighted by Crippen LogP contribution is -2.42. The van der Waals surface area contributed by atoms with Gasteiger partial charge in [0.15, 0.2) is 0 Å². The van der Waals surface area contributed by atoms with Crippen molar-refractivity contribution in [2.45, 2.75) is 19.9 Å². The van der Waals surface area contributed by atoms with Gasteiger partial charge in [-0.1, -0.05) is 0 Å². The van der Waals surface area contributed by atoms with Gasteiger partial charge in [0.1, 0.15) is 0 Å². The Morgan fingerprint density at radius 1 is 1.38 bits per heavy atom. The molecule has 0 aliphatic carbocycles. The molecule has 0 rings (SSSR count). The van der Waals surface area contributed by atoms with E-state index in [0.717, 1.165) is 6.54 Å². The topological polar surface area (TPSA) is 49.6 Å². The van der Waals surface area contributed by atoms with Crippen molar-refractivity contribution in [1.29, 1.82) is 0 Å². The van der Waals surface area contributed by atoms with Crippen LogP contribution in [0.25, 0.3) is 0 Å². The zero-order chi connectivity index (χ0) is 10.4. The van der Waals surface area contributed by atoms with E-state index in [1.54, 1.807) is 19.0 Å². The third kappa shape index (κ3) is 4.85. The van der Waals surface area contributed by atoms with Gasteiger partial charge in [0.25, 0.3) is 0 Å². The fourth-order valence-corrected chi connectivity index (χ4v) is 1.00. The fraction of sp³-hybridized carbons (Fsp3) is 0.889. The number of carbonyl (C=O) groups is 1. The number of rotatable bonds is 5. The first-order chi connectivity index (χ1) is 5.99. The molecule has 0 saturated carbocycles. The summed E-state index contributed by atoms with van der Waals surface area (Å²) in [5.41, 5.74) is 5.45. The van der Waals surface area contributed by atoms with Crippen molar-refractivity contribution in [3.05, 3.63) is 0 Å². The summed E-state index contributed by atoms with van der Waals surface area (Å²) in [6.07, 6.45) is 0. The second-order valence-corrected chi connectivity index (χ2v) is 3.64. The predicted octanol–water partition coefficient (Wildman–Crippen LogP) is -0.256. The second-order valence-electron chi connectivity index (χ2n) is 3.64. The third-order valence-electron chi connectivity index (χ3n) is 1.98. The minimum atomic E-state index is 0.127. The minimum Gasteiger partial charge on any atom is -0.348 e. The molecule has 0 bridgehead atoms. The Bertz CT molecular complexity index is 157. The van der Waals surface area contributed by atoms with E-state index in [-0.39, 0.29) is 5.91 Å². The van der Waals surface area contributed by atoms with Crippen molar-refractivity contribution >= 4 is 5.91 Å². The highest BCUT2D eigenvalue weighted by molar-refractivity contribution is 5.77. The molecule has 0 radical (unpaired) electrons. The Morgan fingerprint density at radius 2 is 1.92 bits per heavy atom. The average molecular weight is 187 g/mol. The van der Waals surface area contributed by atoms with Crippen LogP contribution in [0.15, 0.2) is 0 Å². The van der Waals surface area contributed by atoms with Crippen LogP contribution in [0.2, 0.25) is 0 Å². The molecule has 0 heterocycles. The summed E-state index contributed by atoms with van der Waals surface area (Å²) in [4.78, 5) is 15.1. The van der Waals surface area contributed by atoms with Crippen LogP contribution in [-0.4, -0.2) is 55.5 Å².